The lowest BCUT2D eigenvalue weighted by Gasteiger charge is -2.06. The second-order valence-corrected chi connectivity index (χ2v) is 4.57. The van der Waals surface area contributed by atoms with Crippen LogP contribution in [0, 0.1) is 17.1 Å². The van der Waals surface area contributed by atoms with Crippen LogP contribution < -0.4 is 5.32 Å². The fourth-order valence-electron chi connectivity index (χ4n) is 1.70. The van der Waals surface area contributed by atoms with Crippen LogP contribution in [0.25, 0.3) is 0 Å². The van der Waals surface area contributed by atoms with Crippen LogP contribution in [-0.2, 0) is 13.1 Å². The smallest absolute Gasteiger partial charge is 0.142 e. The van der Waals surface area contributed by atoms with Crippen molar-refractivity contribution in [2.75, 3.05) is 0 Å². The van der Waals surface area contributed by atoms with E-state index in [0.29, 0.717) is 18.7 Å². The summed E-state index contributed by atoms with van der Waals surface area (Å²) in [6, 6.07) is 14.2. The number of benzene rings is 2. The highest BCUT2D eigenvalue weighted by Gasteiger charge is 2.01. The lowest BCUT2D eigenvalue weighted by molar-refractivity contribution is 0.620. The van der Waals surface area contributed by atoms with E-state index in [1.165, 1.54) is 6.07 Å². The molecule has 0 aliphatic carbocycles. The molecule has 0 fully saturated rings. The molecule has 19 heavy (non-hydrogen) atoms. The molecule has 4 heteroatoms. The summed E-state index contributed by atoms with van der Waals surface area (Å²) in [7, 11) is 0. The Bertz CT molecular complexity index is 603. The first kappa shape index (κ1) is 13.5. The molecule has 2 aromatic rings. The van der Waals surface area contributed by atoms with Crippen LogP contribution in [0.15, 0.2) is 42.5 Å². The molecule has 0 saturated heterocycles. The highest BCUT2D eigenvalue weighted by Crippen LogP contribution is 2.15. The molecule has 0 radical (unpaired) electrons. The molecule has 0 spiro atoms. The SMILES string of the molecule is N#Cc1ccc(CNCc2ccc(Cl)c(F)c2)cc1. The third-order valence-electron chi connectivity index (χ3n) is 2.73. The molecule has 0 bridgehead atoms. The molecule has 2 rings (SSSR count). The number of nitrogens with zero attached hydrogens (tertiary/aromatic N) is 1. The van der Waals surface area contributed by atoms with Crippen molar-refractivity contribution in [3.8, 4) is 6.07 Å². The van der Waals surface area contributed by atoms with Crippen molar-refractivity contribution in [2.45, 2.75) is 13.1 Å². The molecular weight excluding hydrogens is 263 g/mol. The summed E-state index contributed by atoms with van der Waals surface area (Å²) in [5.41, 5.74) is 2.56. The van der Waals surface area contributed by atoms with E-state index in [-0.39, 0.29) is 5.02 Å². The Morgan fingerprint density at radius 2 is 1.68 bits per heavy atom. The number of hydrogen-bond acceptors (Lipinski definition) is 2. The molecule has 0 aliphatic rings. The minimum atomic E-state index is -0.403. The Labute approximate surface area is 116 Å². The first-order chi connectivity index (χ1) is 9.19. The highest BCUT2D eigenvalue weighted by atomic mass is 35.5. The van der Waals surface area contributed by atoms with Crippen LogP contribution in [0.2, 0.25) is 5.02 Å². The lowest BCUT2D eigenvalue weighted by Crippen LogP contribution is -2.12. The van der Waals surface area contributed by atoms with E-state index >= 15 is 0 Å². The van der Waals surface area contributed by atoms with E-state index in [2.05, 4.69) is 11.4 Å². The predicted octanol–water partition coefficient (Wildman–Crippen LogP) is 3.64. The summed E-state index contributed by atoms with van der Waals surface area (Å²) in [6.07, 6.45) is 0. The third kappa shape index (κ3) is 3.78. The Hall–Kier alpha value is -1.89. The second kappa shape index (κ2) is 6.33. The topological polar surface area (TPSA) is 35.8 Å². The maximum atomic E-state index is 13.2. The first-order valence-electron chi connectivity index (χ1n) is 5.83. The van der Waals surface area contributed by atoms with Crippen molar-refractivity contribution in [1.82, 2.24) is 5.32 Å². The van der Waals surface area contributed by atoms with Crippen molar-refractivity contribution >= 4 is 11.6 Å². The Balaban J connectivity index is 1.89. The summed E-state index contributed by atoms with van der Waals surface area (Å²) >= 11 is 5.62. The molecule has 0 saturated carbocycles. The van der Waals surface area contributed by atoms with Gasteiger partial charge in [0.15, 0.2) is 0 Å². The van der Waals surface area contributed by atoms with Gasteiger partial charge in [-0.25, -0.2) is 4.39 Å². The van der Waals surface area contributed by atoms with Gasteiger partial charge in [0.2, 0.25) is 0 Å². The van der Waals surface area contributed by atoms with Crippen LogP contribution >= 0.6 is 11.6 Å². The van der Waals surface area contributed by atoms with Crippen molar-refractivity contribution in [3.63, 3.8) is 0 Å². The molecular formula is C15H12ClFN2. The lowest BCUT2D eigenvalue weighted by atomic mass is 10.1. The van der Waals surface area contributed by atoms with Gasteiger partial charge in [-0.1, -0.05) is 29.8 Å². The van der Waals surface area contributed by atoms with E-state index in [4.69, 9.17) is 16.9 Å². The zero-order chi connectivity index (χ0) is 13.7. The third-order valence-corrected chi connectivity index (χ3v) is 3.03. The standard InChI is InChI=1S/C15H12ClFN2/c16-14-6-5-13(7-15(14)17)10-19-9-12-3-1-11(8-18)2-4-12/h1-7,19H,9-10H2. The average molecular weight is 275 g/mol. The van der Waals surface area contributed by atoms with E-state index in [1.54, 1.807) is 24.3 Å². The van der Waals surface area contributed by atoms with Gasteiger partial charge < -0.3 is 5.32 Å². The van der Waals surface area contributed by atoms with Crippen LogP contribution in [0.3, 0.4) is 0 Å². The van der Waals surface area contributed by atoms with Crippen molar-refractivity contribution < 1.29 is 4.39 Å². The minimum Gasteiger partial charge on any atom is -0.309 e. The Kier molecular flexibility index (Phi) is 4.51. The molecule has 96 valence electrons. The molecule has 2 nitrogen and oxygen atoms in total. The summed E-state index contributed by atoms with van der Waals surface area (Å²) < 4.78 is 13.2. The fourth-order valence-corrected chi connectivity index (χ4v) is 1.82. The van der Waals surface area contributed by atoms with Crippen LogP contribution in [0.5, 0.6) is 0 Å². The normalized spacial score (nSPS) is 10.2. The molecule has 0 unspecified atom stereocenters. The van der Waals surface area contributed by atoms with Gasteiger partial charge in [-0.05, 0) is 35.4 Å². The Morgan fingerprint density at radius 3 is 2.32 bits per heavy atom. The van der Waals surface area contributed by atoms with Crippen molar-refractivity contribution in [3.05, 3.63) is 70.0 Å². The largest absolute Gasteiger partial charge is 0.309 e. The van der Waals surface area contributed by atoms with Gasteiger partial charge in [-0.2, -0.15) is 5.26 Å². The first-order valence-corrected chi connectivity index (χ1v) is 6.20. The molecule has 2 aromatic carbocycles. The predicted molar refractivity (Wildman–Crippen MR) is 73.1 cm³/mol. The van der Waals surface area contributed by atoms with Gasteiger partial charge in [0.25, 0.3) is 0 Å². The van der Waals surface area contributed by atoms with Gasteiger partial charge in [-0.15, -0.1) is 0 Å². The van der Waals surface area contributed by atoms with Crippen LogP contribution in [-0.4, -0.2) is 0 Å². The maximum Gasteiger partial charge on any atom is 0.142 e. The monoisotopic (exact) mass is 274 g/mol. The molecule has 0 amide bonds. The molecule has 0 atom stereocenters. The highest BCUT2D eigenvalue weighted by molar-refractivity contribution is 6.30. The van der Waals surface area contributed by atoms with Gasteiger partial charge in [0.1, 0.15) is 5.82 Å². The van der Waals surface area contributed by atoms with E-state index in [9.17, 15) is 4.39 Å². The zero-order valence-electron chi connectivity index (χ0n) is 10.2. The summed E-state index contributed by atoms with van der Waals surface area (Å²) in [6.45, 7) is 1.23. The molecule has 0 heterocycles. The molecule has 0 aromatic heterocycles. The number of nitrogens with one attached hydrogen (secondary N) is 1. The van der Waals surface area contributed by atoms with Gasteiger partial charge in [0, 0.05) is 13.1 Å². The average Bonchev–Trinajstić information content (AvgIpc) is 2.43. The van der Waals surface area contributed by atoms with Crippen LogP contribution in [0.1, 0.15) is 16.7 Å². The summed E-state index contributed by atoms with van der Waals surface area (Å²) in [4.78, 5) is 0. The van der Waals surface area contributed by atoms with Gasteiger partial charge >= 0.3 is 0 Å². The number of hydrogen-bond donors (Lipinski definition) is 1. The molecule has 0 aliphatic heterocycles. The number of halogens is 2. The Morgan fingerprint density at radius 1 is 1.05 bits per heavy atom. The second-order valence-electron chi connectivity index (χ2n) is 4.16. The summed E-state index contributed by atoms with van der Waals surface area (Å²) in [5.74, 6) is -0.403. The fraction of sp³-hybridized carbons (Fsp3) is 0.133. The summed E-state index contributed by atoms with van der Waals surface area (Å²) in [5, 5.41) is 12.0. The van der Waals surface area contributed by atoms with Crippen molar-refractivity contribution in [1.29, 1.82) is 5.26 Å². The van der Waals surface area contributed by atoms with Gasteiger partial charge in [-0.3, -0.25) is 0 Å². The van der Waals surface area contributed by atoms with E-state index < -0.39 is 5.82 Å². The maximum absolute atomic E-state index is 13.2. The van der Waals surface area contributed by atoms with Gasteiger partial charge in [0.05, 0.1) is 16.7 Å². The quantitative estimate of drug-likeness (QED) is 0.924. The number of rotatable bonds is 4. The molecule has 1 N–H and O–H groups in total. The number of nitriles is 1. The zero-order valence-corrected chi connectivity index (χ0v) is 10.9. The minimum absolute atomic E-state index is 0.135. The van der Waals surface area contributed by atoms with E-state index in [1.807, 2.05) is 12.1 Å². The van der Waals surface area contributed by atoms with Crippen LogP contribution in [0.4, 0.5) is 4.39 Å². The van der Waals surface area contributed by atoms with E-state index in [0.717, 1.165) is 11.1 Å². The van der Waals surface area contributed by atoms with Crippen molar-refractivity contribution in [2.24, 2.45) is 0 Å².